The molecule has 2 aliphatic rings. The molecule has 1 aliphatic carbocycles. The van der Waals surface area contributed by atoms with Crippen LogP contribution in [0.2, 0.25) is 0 Å². The number of amides is 1. The predicted octanol–water partition coefficient (Wildman–Crippen LogP) is 4.24. The number of benzene rings is 2. The van der Waals surface area contributed by atoms with Crippen LogP contribution >= 0.6 is 0 Å². The average Bonchev–Trinajstić information content (AvgIpc) is 3.53. The van der Waals surface area contributed by atoms with Crippen molar-refractivity contribution in [1.82, 2.24) is 25.8 Å². The van der Waals surface area contributed by atoms with Gasteiger partial charge in [-0.15, -0.1) is 10.2 Å². The van der Waals surface area contributed by atoms with Gasteiger partial charge in [-0.05, 0) is 74.7 Å². The fraction of sp³-hybridized carbons (Fsp3) is 0.286. The Morgan fingerprint density at radius 1 is 0.861 bits per heavy atom. The third kappa shape index (κ3) is 4.35. The average molecular weight is 481 g/mol. The summed E-state index contributed by atoms with van der Waals surface area (Å²) < 4.78 is 6.17. The molecule has 0 radical (unpaired) electrons. The zero-order valence-electron chi connectivity index (χ0n) is 19.9. The summed E-state index contributed by atoms with van der Waals surface area (Å²) in [7, 11) is 0. The van der Waals surface area contributed by atoms with Crippen molar-refractivity contribution in [2.45, 2.75) is 36.8 Å². The van der Waals surface area contributed by atoms with Gasteiger partial charge >= 0.3 is 0 Å². The molecular formula is C28H28N6O2. The molecule has 1 saturated heterocycles. The van der Waals surface area contributed by atoms with E-state index in [0.29, 0.717) is 17.3 Å². The van der Waals surface area contributed by atoms with Gasteiger partial charge in [0.25, 0.3) is 5.91 Å². The quantitative estimate of drug-likeness (QED) is 0.363. The van der Waals surface area contributed by atoms with Crippen LogP contribution in [-0.4, -0.2) is 34.2 Å². The van der Waals surface area contributed by atoms with Gasteiger partial charge in [0.2, 0.25) is 11.8 Å². The van der Waals surface area contributed by atoms with Crippen molar-refractivity contribution < 1.29 is 9.21 Å². The monoisotopic (exact) mass is 480 g/mol. The van der Waals surface area contributed by atoms with E-state index in [0.717, 1.165) is 55.6 Å². The highest BCUT2D eigenvalue weighted by atomic mass is 16.4. The smallest absolute Gasteiger partial charge is 0.252 e. The Labute approximate surface area is 209 Å². The second-order valence-corrected chi connectivity index (χ2v) is 9.59. The number of hydrogen-bond acceptors (Lipinski definition) is 7. The molecule has 0 bridgehead atoms. The highest BCUT2D eigenvalue weighted by Crippen LogP contribution is 2.45. The summed E-state index contributed by atoms with van der Waals surface area (Å²) in [6.45, 7) is 1.64. The first-order valence-electron chi connectivity index (χ1n) is 12.4. The largest absolute Gasteiger partial charge is 0.418 e. The van der Waals surface area contributed by atoms with Crippen LogP contribution in [0.3, 0.4) is 0 Å². The Balaban J connectivity index is 1.24. The van der Waals surface area contributed by atoms with Crippen LogP contribution in [0.15, 0.2) is 83.5 Å². The van der Waals surface area contributed by atoms with E-state index in [1.165, 1.54) is 0 Å². The van der Waals surface area contributed by atoms with E-state index < -0.39 is 5.54 Å². The van der Waals surface area contributed by atoms with Crippen LogP contribution in [0.4, 0.5) is 5.69 Å². The van der Waals surface area contributed by atoms with Crippen LogP contribution < -0.4 is 16.0 Å². The van der Waals surface area contributed by atoms with Crippen LogP contribution in [0.5, 0.6) is 0 Å². The second kappa shape index (κ2) is 9.20. The van der Waals surface area contributed by atoms with Crippen molar-refractivity contribution >= 4 is 11.6 Å². The molecule has 4 aromatic rings. The highest BCUT2D eigenvalue weighted by Gasteiger charge is 2.45. The molecule has 6 rings (SSSR count). The highest BCUT2D eigenvalue weighted by molar-refractivity contribution is 5.96. The SMILES string of the molecule is O=C(NC1(c2ccccc2)CC1)c1cccc(NC2(c3nnc(-c4ccncc4)o3)CCNCC2)c1. The summed E-state index contributed by atoms with van der Waals surface area (Å²) in [5.41, 5.74) is 2.67. The van der Waals surface area contributed by atoms with Crippen molar-refractivity contribution in [2.24, 2.45) is 0 Å². The summed E-state index contributed by atoms with van der Waals surface area (Å²) in [4.78, 5) is 17.3. The number of rotatable bonds is 7. The number of nitrogens with zero attached hydrogens (tertiary/aromatic N) is 3. The molecule has 3 heterocycles. The maximum atomic E-state index is 13.2. The van der Waals surface area contributed by atoms with E-state index >= 15 is 0 Å². The predicted molar refractivity (Wildman–Crippen MR) is 136 cm³/mol. The lowest BCUT2D eigenvalue weighted by molar-refractivity contribution is 0.0931. The molecule has 3 N–H and O–H groups in total. The van der Waals surface area contributed by atoms with Crippen molar-refractivity contribution in [2.75, 3.05) is 18.4 Å². The normalized spacial score (nSPS) is 17.8. The van der Waals surface area contributed by atoms with E-state index in [9.17, 15) is 4.79 Å². The molecule has 8 nitrogen and oxygen atoms in total. The molecule has 2 aromatic carbocycles. The number of piperidine rings is 1. The first-order valence-corrected chi connectivity index (χ1v) is 12.4. The molecule has 0 spiro atoms. The number of pyridine rings is 1. The van der Waals surface area contributed by atoms with Crippen LogP contribution in [0.25, 0.3) is 11.5 Å². The zero-order valence-corrected chi connectivity index (χ0v) is 19.9. The number of nitrogens with one attached hydrogen (secondary N) is 3. The van der Waals surface area contributed by atoms with E-state index in [-0.39, 0.29) is 11.4 Å². The molecule has 2 fully saturated rings. The van der Waals surface area contributed by atoms with Gasteiger partial charge in [0.15, 0.2) is 0 Å². The van der Waals surface area contributed by atoms with Gasteiger partial charge in [-0.25, -0.2) is 0 Å². The van der Waals surface area contributed by atoms with E-state index in [1.54, 1.807) is 12.4 Å². The summed E-state index contributed by atoms with van der Waals surface area (Å²) >= 11 is 0. The Morgan fingerprint density at radius 2 is 1.64 bits per heavy atom. The molecule has 182 valence electrons. The summed E-state index contributed by atoms with van der Waals surface area (Å²) in [6.07, 6.45) is 6.87. The lowest BCUT2D eigenvalue weighted by Gasteiger charge is -2.36. The van der Waals surface area contributed by atoms with Gasteiger partial charge in [0.05, 0.1) is 5.54 Å². The molecule has 0 unspecified atom stereocenters. The zero-order chi connectivity index (χ0) is 24.4. The summed E-state index contributed by atoms with van der Waals surface area (Å²) in [5, 5.41) is 19.1. The number of hydrogen-bond donors (Lipinski definition) is 3. The fourth-order valence-corrected chi connectivity index (χ4v) is 4.95. The van der Waals surface area contributed by atoms with Gasteiger partial charge in [0, 0.05) is 29.2 Å². The van der Waals surface area contributed by atoms with Gasteiger partial charge < -0.3 is 20.4 Å². The van der Waals surface area contributed by atoms with Crippen LogP contribution in [0.1, 0.15) is 47.5 Å². The maximum absolute atomic E-state index is 13.2. The molecule has 36 heavy (non-hydrogen) atoms. The van der Waals surface area contributed by atoms with Crippen molar-refractivity contribution in [3.05, 3.63) is 96.1 Å². The number of aromatic nitrogens is 3. The standard InChI is InChI=1S/C28H28N6O2/c35-24(32-27(11-12-27)22-6-2-1-3-7-22)21-5-4-8-23(19-21)31-28(13-17-30-18-14-28)26-34-33-25(36-26)20-9-15-29-16-10-20/h1-10,15-16,19,30-31H,11-14,17-18H2,(H,32,35). The molecule has 1 amide bonds. The maximum Gasteiger partial charge on any atom is 0.252 e. The topological polar surface area (TPSA) is 105 Å². The van der Waals surface area contributed by atoms with Gasteiger partial charge in [-0.2, -0.15) is 0 Å². The van der Waals surface area contributed by atoms with Crippen molar-refractivity contribution in [1.29, 1.82) is 0 Å². The molecule has 1 aliphatic heterocycles. The summed E-state index contributed by atoms with van der Waals surface area (Å²) in [6, 6.07) is 21.5. The Bertz CT molecular complexity index is 1340. The molecular weight excluding hydrogens is 452 g/mol. The minimum atomic E-state index is -0.527. The molecule has 8 heteroatoms. The van der Waals surface area contributed by atoms with Crippen LogP contribution in [-0.2, 0) is 11.1 Å². The van der Waals surface area contributed by atoms with E-state index in [4.69, 9.17) is 4.42 Å². The summed E-state index contributed by atoms with van der Waals surface area (Å²) in [5.74, 6) is 0.944. The number of anilines is 1. The van der Waals surface area contributed by atoms with Gasteiger partial charge in [-0.1, -0.05) is 36.4 Å². The molecule has 2 aromatic heterocycles. The van der Waals surface area contributed by atoms with Crippen LogP contribution in [0, 0.1) is 0 Å². The first-order chi connectivity index (χ1) is 17.7. The van der Waals surface area contributed by atoms with Crippen molar-refractivity contribution in [3.8, 4) is 11.5 Å². The number of carbonyl (C=O) groups excluding carboxylic acids is 1. The Kier molecular flexibility index (Phi) is 5.73. The third-order valence-electron chi connectivity index (χ3n) is 7.16. The van der Waals surface area contributed by atoms with Gasteiger partial charge in [-0.3, -0.25) is 9.78 Å². The van der Waals surface area contributed by atoms with Gasteiger partial charge in [0.1, 0.15) is 5.54 Å². The lowest BCUT2D eigenvalue weighted by Crippen LogP contribution is -2.45. The fourth-order valence-electron chi connectivity index (χ4n) is 4.95. The lowest BCUT2D eigenvalue weighted by atomic mass is 9.87. The first kappa shape index (κ1) is 22.4. The Hall–Kier alpha value is -4.04. The minimum Gasteiger partial charge on any atom is -0.418 e. The Morgan fingerprint density at radius 3 is 2.39 bits per heavy atom. The molecule has 0 atom stereocenters. The molecule has 1 saturated carbocycles. The van der Waals surface area contributed by atoms with Crippen molar-refractivity contribution in [3.63, 3.8) is 0 Å². The number of carbonyl (C=O) groups is 1. The minimum absolute atomic E-state index is 0.0721. The third-order valence-corrected chi connectivity index (χ3v) is 7.16. The van der Waals surface area contributed by atoms with E-state index in [1.807, 2.05) is 54.6 Å². The second-order valence-electron chi connectivity index (χ2n) is 9.59. The van der Waals surface area contributed by atoms with E-state index in [2.05, 4.69) is 43.3 Å².